The van der Waals surface area contributed by atoms with Gasteiger partial charge in [-0.1, -0.05) is 51.5 Å². The second-order valence-electron chi connectivity index (χ2n) is 7.25. The summed E-state index contributed by atoms with van der Waals surface area (Å²) in [4.78, 5) is 0. The minimum absolute atomic E-state index is 0.305. The van der Waals surface area contributed by atoms with Gasteiger partial charge in [-0.3, -0.25) is 0 Å². The molecule has 2 aliphatic rings. The molecule has 0 heterocycles. The summed E-state index contributed by atoms with van der Waals surface area (Å²) < 4.78 is 0. The lowest BCUT2D eigenvalue weighted by Crippen LogP contribution is -2.13. The molecule has 2 rings (SSSR count). The largest absolute Gasteiger partial charge is 0.0789 e. The van der Waals surface area contributed by atoms with E-state index >= 15 is 0 Å². The van der Waals surface area contributed by atoms with Gasteiger partial charge in [0.05, 0.1) is 0 Å². The molecule has 2 atom stereocenters. The monoisotopic (exact) mass is 244 g/mol. The van der Waals surface area contributed by atoms with E-state index in [1.807, 2.05) is 0 Å². The molecule has 0 heteroatoms. The van der Waals surface area contributed by atoms with Crippen LogP contribution in [0.25, 0.3) is 0 Å². The van der Waals surface area contributed by atoms with Crippen molar-refractivity contribution in [2.24, 2.45) is 17.3 Å². The van der Waals surface area contributed by atoms with Crippen LogP contribution < -0.4 is 0 Å². The lowest BCUT2D eigenvalue weighted by atomic mass is 9.77. The van der Waals surface area contributed by atoms with Crippen molar-refractivity contribution >= 4 is 0 Å². The number of fused-ring (bicyclic) bond motifs is 1. The van der Waals surface area contributed by atoms with Crippen LogP contribution in [0.1, 0.15) is 60.3 Å². The molecule has 18 heavy (non-hydrogen) atoms. The Morgan fingerprint density at radius 2 is 1.83 bits per heavy atom. The van der Waals surface area contributed by atoms with Gasteiger partial charge in [-0.25, -0.2) is 0 Å². The van der Waals surface area contributed by atoms with Crippen LogP contribution >= 0.6 is 0 Å². The van der Waals surface area contributed by atoms with Crippen molar-refractivity contribution in [1.29, 1.82) is 0 Å². The maximum absolute atomic E-state index is 2.56. The van der Waals surface area contributed by atoms with Gasteiger partial charge in [-0.15, -0.1) is 0 Å². The van der Waals surface area contributed by atoms with E-state index in [-0.39, 0.29) is 0 Å². The average molecular weight is 244 g/mol. The maximum atomic E-state index is 2.56. The Hall–Kier alpha value is -0.780. The molecule has 0 aromatic heterocycles. The van der Waals surface area contributed by atoms with Crippen LogP contribution in [0.4, 0.5) is 0 Å². The molecule has 0 aliphatic heterocycles. The van der Waals surface area contributed by atoms with E-state index < -0.39 is 0 Å². The van der Waals surface area contributed by atoms with E-state index in [0.717, 1.165) is 5.92 Å². The maximum Gasteiger partial charge on any atom is -0.00734 e. The Morgan fingerprint density at radius 1 is 1.11 bits per heavy atom. The number of allylic oxidation sites excluding steroid dienone is 6. The number of hydrogen-bond donors (Lipinski definition) is 0. The second kappa shape index (κ2) is 5.07. The summed E-state index contributed by atoms with van der Waals surface area (Å²) in [5.41, 5.74) is 5.10. The van der Waals surface area contributed by atoms with Gasteiger partial charge in [0.15, 0.2) is 0 Å². The summed E-state index contributed by atoms with van der Waals surface area (Å²) in [6, 6.07) is 0. The minimum Gasteiger partial charge on any atom is -0.0789 e. The molecule has 1 fully saturated rings. The topological polar surface area (TPSA) is 0 Å². The molecule has 0 N–H and O–H groups in total. The highest BCUT2D eigenvalue weighted by molar-refractivity contribution is 5.37. The van der Waals surface area contributed by atoms with Gasteiger partial charge in [0.25, 0.3) is 0 Å². The highest BCUT2D eigenvalue weighted by Crippen LogP contribution is 2.39. The van der Waals surface area contributed by atoms with Crippen LogP contribution in [0.3, 0.4) is 0 Å². The first-order chi connectivity index (χ1) is 8.35. The van der Waals surface area contributed by atoms with Crippen LogP contribution in [0.5, 0.6) is 0 Å². The normalized spacial score (nSPS) is 37.9. The molecule has 0 amide bonds. The van der Waals surface area contributed by atoms with E-state index in [0.29, 0.717) is 11.3 Å². The Bertz CT molecular complexity index is 404. The van der Waals surface area contributed by atoms with Crippen molar-refractivity contribution < 1.29 is 0 Å². The lowest BCUT2D eigenvalue weighted by molar-refractivity contribution is 0.455. The van der Waals surface area contributed by atoms with Crippen LogP contribution in [0.2, 0.25) is 0 Å². The fourth-order valence-corrected chi connectivity index (χ4v) is 3.63. The summed E-state index contributed by atoms with van der Waals surface area (Å²) in [6.45, 7) is 11.8. The number of hydrogen-bond acceptors (Lipinski definition) is 0. The van der Waals surface area contributed by atoms with Gasteiger partial charge in [-0.2, -0.15) is 0 Å². The molecule has 2 aliphatic carbocycles. The fraction of sp³-hybridized carbons (Fsp3) is 0.667. The lowest BCUT2D eigenvalue weighted by Gasteiger charge is -2.28. The first kappa shape index (κ1) is 13.6. The van der Waals surface area contributed by atoms with Crippen molar-refractivity contribution in [3.05, 3.63) is 34.9 Å². The third-order valence-electron chi connectivity index (χ3n) is 4.20. The summed E-state index contributed by atoms with van der Waals surface area (Å²) >= 11 is 0. The standard InChI is InChI=1S/C18H28/c1-13-6-7-16-12-18(4,5)11-15(3)8-14(2)10-17(16)9-13/h8,10,12-14H,6-7,9,11H2,1-5H3/b15-8?,16-12-,17-10-. The van der Waals surface area contributed by atoms with Gasteiger partial charge in [0.2, 0.25) is 0 Å². The quantitative estimate of drug-likeness (QED) is 0.481. The van der Waals surface area contributed by atoms with Crippen molar-refractivity contribution in [1.82, 2.24) is 0 Å². The van der Waals surface area contributed by atoms with Crippen molar-refractivity contribution in [3.63, 3.8) is 0 Å². The Kier molecular flexibility index (Phi) is 3.84. The van der Waals surface area contributed by atoms with Crippen LogP contribution in [-0.2, 0) is 0 Å². The fourth-order valence-electron chi connectivity index (χ4n) is 3.63. The molecule has 2 unspecified atom stereocenters. The minimum atomic E-state index is 0.305. The van der Waals surface area contributed by atoms with E-state index in [2.05, 4.69) is 52.8 Å². The van der Waals surface area contributed by atoms with Crippen molar-refractivity contribution in [2.75, 3.05) is 0 Å². The summed E-state index contributed by atoms with van der Waals surface area (Å²) in [5, 5.41) is 0. The van der Waals surface area contributed by atoms with E-state index in [4.69, 9.17) is 0 Å². The van der Waals surface area contributed by atoms with Crippen LogP contribution in [0, 0.1) is 17.3 Å². The second-order valence-corrected chi connectivity index (χ2v) is 7.25. The first-order valence-corrected chi connectivity index (χ1v) is 7.46. The molecular weight excluding hydrogens is 216 g/mol. The molecular formula is C18H28. The zero-order chi connectivity index (χ0) is 13.3. The van der Waals surface area contributed by atoms with Gasteiger partial charge in [0.1, 0.15) is 0 Å². The SMILES string of the molecule is CC1=CC(C)/C=C2/CC(C)CC/C2=C/C(C)(C)C1. The number of rotatable bonds is 0. The summed E-state index contributed by atoms with van der Waals surface area (Å²) in [6.07, 6.45) is 12.6. The molecule has 0 aromatic rings. The molecule has 0 bridgehead atoms. The zero-order valence-corrected chi connectivity index (χ0v) is 12.7. The zero-order valence-electron chi connectivity index (χ0n) is 12.7. The molecule has 0 spiro atoms. The first-order valence-electron chi connectivity index (χ1n) is 7.46. The summed E-state index contributed by atoms with van der Waals surface area (Å²) in [5.74, 6) is 1.44. The Labute approximate surface area is 113 Å². The van der Waals surface area contributed by atoms with E-state index in [1.54, 1.807) is 11.1 Å². The van der Waals surface area contributed by atoms with Gasteiger partial charge in [0, 0.05) is 0 Å². The predicted octanol–water partition coefficient (Wildman–Crippen LogP) is 5.67. The molecule has 100 valence electrons. The van der Waals surface area contributed by atoms with Crippen molar-refractivity contribution in [3.8, 4) is 0 Å². The van der Waals surface area contributed by atoms with E-state index in [1.165, 1.54) is 31.3 Å². The van der Waals surface area contributed by atoms with Crippen LogP contribution in [-0.4, -0.2) is 0 Å². The Balaban J connectivity index is 2.41. The molecule has 0 saturated heterocycles. The third-order valence-corrected chi connectivity index (χ3v) is 4.20. The Morgan fingerprint density at radius 3 is 2.56 bits per heavy atom. The van der Waals surface area contributed by atoms with Gasteiger partial charge < -0.3 is 0 Å². The van der Waals surface area contributed by atoms with Crippen LogP contribution in [0.15, 0.2) is 34.9 Å². The molecule has 0 nitrogen and oxygen atoms in total. The summed E-state index contributed by atoms with van der Waals surface area (Å²) in [7, 11) is 0. The van der Waals surface area contributed by atoms with Gasteiger partial charge in [-0.05, 0) is 61.0 Å². The molecule has 0 radical (unpaired) electrons. The van der Waals surface area contributed by atoms with Crippen molar-refractivity contribution in [2.45, 2.75) is 60.3 Å². The smallest absolute Gasteiger partial charge is 0.00734 e. The molecule has 0 aromatic carbocycles. The predicted molar refractivity (Wildman–Crippen MR) is 80.5 cm³/mol. The highest BCUT2D eigenvalue weighted by atomic mass is 14.3. The van der Waals surface area contributed by atoms with E-state index in [9.17, 15) is 0 Å². The third kappa shape index (κ3) is 3.37. The molecule has 1 saturated carbocycles. The average Bonchev–Trinajstić information content (AvgIpc) is 2.23. The highest BCUT2D eigenvalue weighted by Gasteiger charge is 2.23. The van der Waals surface area contributed by atoms with Gasteiger partial charge >= 0.3 is 0 Å².